The van der Waals surface area contributed by atoms with Gasteiger partial charge in [-0.3, -0.25) is 9.59 Å². The van der Waals surface area contributed by atoms with Crippen molar-refractivity contribution < 1.29 is 9.59 Å². The molecule has 0 aliphatic carbocycles. The van der Waals surface area contributed by atoms with E-state index in [0.717, 1.165) is 50.1 Å². The number of piperidine rings is 1. The van der Waals surface area contributed by atoms with Crippen LogP contribution in [0.3, 0.4) is 0 Å². The van der Waals surface area contributed by atoms with Gasteiger partial charge < -0.3 is 10.2 Å². The second kappa shape index (κ2) is 8.17. The van der Waals surface area contributed by atoms with Crippen LogP contribution in [0.25, 0.3) is 0 Å². The Morgan fingerprint density at radius 2 is 2.29 bits per heavy atom. The monoisotopic (exact) mass is 308 g/mol. The van der Waals surface area contributed by atoms with Crippen LogP contribution in [0.4, 0.5) is 0 Å². The van der Waals surface area contributed by atoms with Crippen molar-refractivity contribution in [3.63, 3.8) is 0 Å². The van der Waals surface area contributed by atoms with Crippen LogP contribution >= 0.6 is 11.3 Å². The van der Waals surface area contributed by atoms with Gasteiger partial charge in [0, 0.05) is 19.6 Å². The first-order valence-corrected chi connectivity index (χ1v) is 8.70. The van der Waals surface area contributed by atoms with Crippen LogP contribution in [0.2, 0.25) is 0 Å². The smallest absolute Gasteiger partial charge is 0.263 e. The van der Waals surface area contributed by atoms with Crippen LogP contribution < -0.4 is 5.32 Å². The summed E-state index contributed by atoms with van der Waals surface area (Å²) >= 11 is 1.46. The maximum atomic E-state index is 12.3. The average molecular weight is 308 g/mol. The molecular weight excluding hydrogens is 284 g/mol. The molecule has 1 saturated heterocycles. The average Bonchev–Trinajstić information content (AvgIpc) is 3.05. The molecule has 21 heavy (non-hydrogen) atoms. The van der Waals surface area contributed by atoms with E-state index in [1.807, 2.05) is 22.4 Å². The molecule has 2 amide bonds. The molecule has 2 rings (SSSR count). The molecule has 0 radical (unpaired) electrons. The Kier molecular flexibility index (Phi) is 6.23. The first-order valence-electron chi connectivity index (χ1n) is 7.83. The summed E-state index contributed by atoms with van der Waals surface area (Å²) in [5.41, 5.74) is 0. The topological polar surface area (TPSA) is 49.4 Å². The molecular formula is C16H24N2O2S. The summed E-state index contributed by atoms with van der Waals surface area (Å²) in [6.45, 7) is 4.21. The van der Waals surface area contributed by atoms with Gasteiger partial charge in [-0.2, -0.15) is 0 Å². The molecule has 1 aliphatic heterocycles. The van der Waals surface area contributed by atoms with Crippen molar-refractivity contribution in [2.45, 2.75) is 39.0 Å². The van der Waals surface area contributed by atoms with Gasteiger partial charge in [-0.1, -0.05) is 25.8 Å². The number of rotatable bonds is 6. The number of carbonyl (C=O) groups is 2. The summed E-state index contributed by atoms with van der Waals surface area (Å²) in [6.07, 6.45) is 5.13. The predicted octanol–water partition coefficient (Wildman–Crippen LogP) is 2.91. The number of amides is 2. The molecule has 4 nitrogen and oxygen atoms in total. The van der Waals surface area contributed by atoms with Crippen LogP contribution in [-0.4, -0.2) is 36.3 Å². The van der Waals surface area contributed by atoms with E-state index in [-0.39, 0.29) is 17.7 Å². The second-order valence-electron chi connectivity index (χ2n) is 5.57. The third-order valence-electron chi connectivity index (χ3n) is 3.89. The van der Waals surface area contributed by atoms with Crippen molar-refractivity contribution in [3.8, 4) is 0 Å². The molecule has 116 valence electrons. The zero-order valence-corrected chi connectivity index (χ0v) is 13.5. The first kappa shape index (κ1) is 16.0. The molecule has 0 spiro atoms. The van der Waals surface area contributed by atoms with Gasteiger partial charge in [0.15, 0.2) is 0 Å². The Balaban J connectivity index is 1.83. The van der Waals surface area contributed by atoms with Gasteiger partial charge in [0.05, 0.1) is 10.8 Å². The van der Waals surface area contributed by atoms with Crippen molar-refractivity contribution in [2.75, 3.05) is 19.6 Å². The van der Waals surface area contributed by atoms with Crippen LogP contribution in [0.5, 0.6) is 0 Å². The largest absolute Gasteiger partial charge is 0.356 e. The minimum Gasteiger partial charge on any atom is -0.356 e. The van der Waals surface area contributed by atoms with E-state index in [0.29, 0.717) is 6.54 Å². The van der Waals surface area contributed by atoms with E-state index in [2.05, 4.69) is 12.2 Å². The van der Waals surface area contributed by atoms with Crippen LogP contribution in [0.1, 0.15) is 48.7 Å². The van der Waals surface area contributed by atoms with Gasteiger partial charge in [0.25, 0.3) is 5.91 Å². The third-order valence-corrected chi connectivity index (χ3v) is 4.75. The van der Waals surface area contributed by atoms with E-state index in [9.17, 15) is 9.59 Å². The van der Waals surface area contributed by atoms with Crippen molar-refractivity contribution in [1.82, 2.24) is 10.2 Å². The zero-order chi connectivity index (χ0) is 15.1. The lowest BCUT2D eigenvalue weighted by Gasteiger charge is -2.31. The van der Waals surface area contributed by atoms with Gasteiger partial charge in [0.2, 0.25) is 5.91 Å². The summed E-state index contributed by atoms with van der Waals surface area (Å²) in [6, 6.07) is 3.74. The van der Waals surface area contributed by atoms with Gasteiger partial charge >= 0.3 is 0 Å². The van der Waals surface area contributed by atoms with Gasteiger partial charge in [0.1, 0.15) is 0 Å². The summed E-state index contributed by atoms with van der Waals surface area (Å²) < 4.78 is 0. The second-order valence-corrected chi connectivity index (χ2v) is 6.51. The Bertz CT molecular complexity index is 459. The molecule has 1 unspecified atom stereocenters. The van der Waals surface area contributed by atoms with E-state index in [4.69, 9.17) is 0 Å². The van der Waals surface area contributed by atoms with Gasteiger partial charge in [-0.05, 0) is 30.7 Å². The molecule has 1 N–H and O–H groups in total. The SMILES string of the molecule is CCCCCNC(=O)C1CCCN(C(=O)c2cccs2)C1. The zero-order valence-electron chi connectivity index (χ0n) is 12.6. The summed E-state index contributed by atoms with van der Waals surface area (Å²) in [5.74, 6) is 0.118. The summed E-state index contributed by atoms with van der Waals surface area (Å²) in [7, 11) is 0. The minimum atomic E-state index is -0.0516. The van der Waals surface area contributed by atoms with Crippen LogP contribution in [0, 0.1) is 5.92 Å². The first-order chi connectivity index (χ1) is 10.2. The van der Waals surface area contributed by atoms with E-state index in [1.54, 1.807) is 0 Å². The van der Waals surface area contributed by atoms with E-state index in [1.165, 1.54) is 11.3 Å². The number of thiophene rings is 1. The highest BCUT2D eigenvalue weighted by Crippen LogP contribution is 2.20. The minimum absolute atomic E-state index is 0.0516. The maximum absolute atomic E-state index is 12.3. The normalized spacial score (nSPS) is 18.5. The molecule has 0 saturated carbocycles. The van der Waals surface area contributed by atoms with E-state index < -0.39 is 0 Å². The summed E-state index contributed by atoms with van der Waals surface area (Å²) in [4.78, 5) is 27.1. The molecule has 2 heterocycles. The third kappa shape index (κ3) is 4.56. The molecule has 1 fully saturated rings. The molecule has 0 aromatic carbocycles. The maximum Gasteiger partial charge on any atom is 0.263 e. The van der Waals surface area contributed by atoms with Gasteiger partial charge in [-0.15, -0.1) is 11.3 Å². The lowest BCUT2D eigenvalue weighted by molar-refractivity contribution is -0.126. The highest BCUT2D eigenvalue weighted by atomic mass is 32.1. The standard InChI is InChI=1S/C16H24N2O2S/c1-2-3-4-9-17-15(19)13-7-5-10-18(12-13)16(20)14-8-6-11-21-14/h6,8,11,13H,2-5,7,9-10,12H2,1H3,(H,17,19). The molecule has 1 aliphatic rings. The fourth-order valence-corrected chi connectivity index (χ4v) is 3.35. The quantitative estimate of drug-likeness (QED) is 0.822. The molecule has 1 aromatic rings. The van der Waals surface area contributed by atoms with Gasteiger partial charge in [-0.25, -0.2) is 0 Å². The van der Waals surface area contributed by atoms with Crippen molar-refractivity contribution in [3.05, 3.63) is 22.4 Å². The molecule has 1 aromatic heterocycles. The Morgan fingerprint density at radius 1 is 1.43 bits per heavy atom. The number of nitrogens with zero attached hydrogens (tertiary/aromatic N) is 1. The number of likely N-dealkylation sites (tertiary alicyclic amines) is 1. The number of hydrogen-bond acceptors (Lipinski definition) is 3. The Hall–Kier alpha value is -1.36. The highest BCUT2D eigenvalue weighted by Gasteiger charge is 2.28. The number of unbranched alkanes of at least 4 members (excludes halogenated alkanes) is 2. The summed E-state index contributed by atoms with van der Waals surface area (Å²) in [5, 5.41) is 4.92. The van der Waals surface area contributed by atoms with Crippen molar-refractivity contribution in [2.24, 2.45) is 5.92 Å². The van der Waals surface area contributed by atoms with Crippen LogP contribution in [-0.2, 0) is 4.79 Å². The Labute approximate surface area is 130 Å². The molecule has 5 heteroatoms. The lowest BCUT2D eigenvalue weighted by Crippen LogP contribution is -2.45. The number of hydrogen-bond donors (Lipinski definition) is 1. The molecule has 0 bridgehead atoms. The van der Waals surface area contributed by atoms with Crippen molar-refractivity contribution in [1.29, 1.82) is 0 Å². The fraction of sp³-hybridized carbons (Fsp3) is 0.625. The predicted molar refractivity (Wildman–Crippen MR) is 85.5 cm³/mol. The highest BCUT2D eigenvalue weighted by molar-refractivity contribution is 7.12. The number of carbonyl (C=O) groups excluding carboxylic acids is 2. The van der Waals surface area contributed by atoms with Crippen molar-refractivity contribution >= 4 is 23.2 Å². The van der Waals surface area contributed by atoms with Crippen LogP contribution in [0.15, 0.2) is 17.5 Å². The fourth-order valence-electron chi connectivity index (χ4n) is 2.66. The Morgan fingerprint density at radius 3 is 3.00 bits per heavy atom. The van der Waals surface area contributed by atoms with E-state index >= 15 is 0 Å². The molecule has 1 atom stereocenters. The number of nitrogens with one attached hydrogen (secondary N) is 1. The lowest BCUT2D eigenvalue weighted by atomic mass is 9.97.